The van der Waals surface area contributed by atoms with Crippen molar-refractivity contribution < 1.29 is 22.7 Å². The van der Waals surface area contributed by atoms with Crippen molar-refractivity contribution in [3.8, 4) is 6.07 Å². The molecule has 2 atom stereocenters. The van der Waals surface area contributed by atoms with E-state index in [4.69, 9.17) is 10.00 Å². The van der Waals surface area contributed by atoms with Crippen LogP contribution in [0.2, 0.25) is 0 Å². The Morgan fingerprint density at radius 2 is 2.13 bits per heavy atom. The monoisotopic (exact) mass is 362 g/mol. The van der Waals surface area contributed by atoms with Gasteiger partial charge in [-0.25, -0.2) is 8.42 Å². The number of esters is 1. The number of carbonyl (C=O) groups excluding carboxylic acids is 2. The zero-order valence-electron chi connectivity index (χ0n) is 13.5. The van der Waals surface area contributed by atoms with E-state index in [-0.39, 0.29) is 28.4 Å². The first-order chi connectivity index (χ1) is 10.6. The molecule has 0 spiro atoms. The molecule has 1 aliphatic rings. The van der Waals surface area contributed by atoms with Crippen LogP contribution in [-0.4, -0.2) is 54.9 Å². The Kier molecular flexibility index (Phi) is 6.89. The van der Waals surface area contributed by atoms with Gasteiger partial charge in [-0.05, 0) is 19.3 Å². The van der Waals surface area contributed by atoms with Crippen molar-refractivity contribution in [3.63, 3.8) is 0 Å². The second-order valence-electron chi connectivity index (χ2n) is 6.01. The molecule has 23 heavy (non-hydrogen) atoms. The van der Waals surface area contributed by atoms with Crippen LogP contribution in [0.25, 0.3) is 0 Å². The van der Waals surface area contributed by atoms with E-state index in [0.29, 0.717) is 6.42 Å². The molecule has 0 aromatic rings. The molecule has 0 saturated carbocycles. The molecule has 1 N–H and O–H groups in total. The second-order valence-corrected chi connectivity index (χ2v) is 9.53. The normalized spacial score (nSPS) is 22.1. The van der Waals surface area contributed by atoms with Crippen LogP contribution >= 0.6 is 11.8 Å². The third-order valence-corrected chi connectivity index (χ3v) is 7.03. The van der Waals surface area contributed by atoms with Crippen LogP contribution in [0.1, 0.15) is 27.2 Å². The van der Waals surface area contributed by atoms with E-state index < -0.39 is 33.9 Å². The third-order valence-electron chi connectivity index (χ3n) is 3.78. The van der Waals surface area contributed by atoms with Gasteiger partial charge >= 0.3 is 5.97 Å². The number of nitriles is 1. The highest BCUT2D eigenvalue weighted by Crippen LogP contribution is 2.24. The molecule has 1 aliphatic heterocycles. The number of nitrogens with zero attached hydrogens (tertiary/aromatic N) is 1. The molecule has 0 aromatic heterocycles. The largest absolute Gasteiger partial charge is 0.455 e. The minimum absolute atomic E-state index is 0.00711. The van der Waals surface area contributed by atoms with Gasteiger partial charge in [0.1, 0.15) is 5.54 Å². The second kappa shape index (κ2) is 8.02. The molecule has 1 fully saturated rings. The smallest absolute Gasteiger partial charge is 0.316 e. The van der Waals surface area contributed by atoms with Crippen LogP contribution in [0, 0.1) is 17.2 Å². The number of ether oxygens (including phenoxy) is 1. The maximum absolute atomic E-state index is 11.7. The highest BCUT2D eigenvalue weighted by molar-refractivity contribution is 8.02. The number of rotatable bonds is 7. The lowest BCUT2D eigenvalue weighted by atomic mass is 9.90. The van der Waals surface area contributed by atoms with Crippen LogP contribution in [0.4, 0.5) is 0 Å². The van der Waals surface area contributed by atoms with Gasteiger partial charge in [-0.1, -0.05) is 13.8 Å². The number of carbonyl (C=O) groups is 2. The van der Waals surface area contributed by atoms with E-state index in [9.17, 15) is 18.0 Å². The summed E-state index contributed by atoms with van der Waals surface area (Å²) in [7, 11) is -2.97. The lowest BCUT2D eigenvalue weighted by molar-refractivity contribution is -0.146. The summed E-state index contributed by atoms with van der Waals surface area (Å²) in [5.41, 5.74) is -1.02. The number of amides is 1. The van der Waals surface area contributed by atoms with Gasteiger partial charge in [-0.15, -0.1) is 11.8 Å². The van der Waals surface area contributed by atoms with Gasteiger partial charge in [0.15, 0.2) is 16.4 Å². The maximum atomic E-state index is 11.7. The molecule has 130 valence electrons. The predicted octanol–water partition coefficient (Wildman–Crippen LogP) is 0.504. The van der Waals surface area contributed by atoms with Crippen molar-refractivity contribution >= 4 is 33.5 Å². The summed E-state index contributed by atoms with van der Waals surface area (Å²) in [5, 5.41) is 11.6. The van der Waals surface area contributed by atoms with Crippen molar-refractivity contribution in [3.05, 3.63) is 0 Å². The van der Waals surface area contributed by atoms with E-state index in [2.05, 4.69) is 5.32 Å². The standard InChI is InChI=1S/C14H22N2O5S2/c1-10(2)14(3,9-15)16-12(17)6-21-13(18)7-22-11-4-5-23(19,20)8-11/h10-11H,4-8H2,1-3H3,(H,16,17)/t11-,14+/m0/s1. The van der Waals surface area contributed by atoms with Gasteiger partial charge in [0.2, 0.25) is 0 Å². The van der Waals surface area contributed by atoms with Crippen LogP contribution in [0.3, 0.4) is 0 Å². The number of nitrogens with one attached hydrogen (secondary N) is 1. The molecule has 0 aliphatic carbocycles. The van der Waals surface area contributed by atoms with Crippen molar-refractivity contribution in [1.82, 2.24) is 5.32 Å². The lowest BCUT2D eigenvalue weighted by Gasteiger charge is -2.27. The van der Waals surface area contributed by atoms with Gasteiger partial charge in [-0.2, -0.15) is 5.26 Å². The molecule has 1 amide bonds. The fraction of sp³-hybridized carbons (Fsp3) is 0.786. The van der Waals surface area contributed by atoms with Crippen LogP contribution in [0.15, 0.2) is 0 Å². The van der Waals surface area contributed by atoms with Gasteiger partial charge in [-0.3, -0.25) is 9.59 Å². The van der Waals surface area contributed by atoms with E-state index in [1.54, 1.807) is 6.92 Å². The molecule has 0 unspecified atom stereocenters. The van der Waals surface area contributed by atoms with Crippen LogP contribution in [0.5, 0.6) is 0 Å². The highest BCUT2D eigenvalue weighted by Gasteiger charge is 2.31. The molecule has 0 radical (unpaired) electrons. The summed E-state index contributed by atoms with van der Waals surface area (Å²) in [6.45, 7) is 4.77. The zero-order valence-corrected chi connectivity index (χ0v) is 15.1. The fourth-order valence-electron chi connectivity index (χ4n) is 1.89. The Morgan fingerprint density at radius 1 is 1.48 bits per heavy atom. The fourth-order valence-corrected chi connectivity index (χ4v) is 5.33. The average molecular weight is 362 g/mol. The molecule has 1 rings (SSSR count). The van der Waals surface area contributed by atoms with Gasteiger partial charge in [0.05, 0.1) is 23.3 Å². The van der Waals surface area contributed by atoms with Gasteiger partial charge in [0, 0.05) is 5.25 Å². The highest BCUT2D eigenvalue weighted by atomic mass is 32.2. The number of hydrogen-bond donors (Lipinski definition) is 1. The van der Waals surface area contributed by atoms with Gasteiger partial charge in [0.25, 0.3) is 5.91 Å². The lowest BCUT2D eigenvalue weighted by Crippen LogP contribution is -2.50. The first-order valence-corrected chi connectivity index (χ1v) is 10.1. The number of thioether (sulfide) groups is 1. The van der Waals surface area contributed by atoms with Crippen molar-refractivity contribution in [2.45, 2.75) is 38.0 Å². The van der Waals surface area contributed by atoms with Crippen molar-refractivity contribution in [2.24, 2.45) is 5.92 Å². The topological polar surface area (TPSA) is 113 Å². The molecule has 1 heterocycles. The van der Waals surface area contributed by atoms with Crippen molar-refractivity contribution in [1.29, 1.82) is 5.26 Å². The molecular weight excluding hydrogens is 340 g/mol. The molecule has 0 bridgehead atoms. The minimum Gasteiger partial charge on any atom is -0.455 e. The van der Waals surface area contributed by atoms with E-state index in [1.807, 2.05) is 19.9 Å². The first kappa shape index (κ1) is 19.8. The Balaban J connectivity index is 2.31. The number of hydrogen-bond acceptors (Lipinski definition) is 7. The predicted molar refractivity (Wildman–Crippen MR) is 87.5 cm³/mol. The summed E-state index contributed by atoms with van der Waals surface area (Å²) in [5.74, 6) is -0.952. The summed E-state index contributed by atoms with van der Waals surface area (Å²) in [6, 6.07) is 2.03. The van der Waals surface area contributed by atoms with E-state index in [0.717, 1.165) is 0 Å². The first-order valence-electron chi connectivity index (χ1n) is 7.28. The number of sulfone groups is 1. The quantitative estimate of drug-likeness (QED) is 0.656. The maximum Gasteiger partial charge on any atom is 0.316 e. The molecule has 7 nitrogen and oxygen atoms in total. The summed E-state index contributed by atoms with van der Waals surface area (Å²) >= 11 is 1.23. The summed E-state index contributed by atoms with van der Waals surface area (Å²) in [6.07, 6.45) is 0.537. The average Bonchev–Trinajstić information content (AvgIpc) is 2.82. The Bertz CT molecular complexity index is 597. The van der Waals surface area contributed by atoms with Crippen molar-refractivity contribution in [2.75, 3.05) is 23.9 Å². The summed E-state index contributed by atoms with van der Waals surface area (Å²) in [4.78, 5) is 23.3. The van der Waals surface area contributed by atoms with E-state index >= 15 is 0 Å². The SMILES string of the molecule is CC(C)[C@@](C)(C#N)NC(=O)COC(=O)CS[C@H]1CCS(=O)(=O)C1. The molecule has 1 saturated heterocycles. The minimum atomic E-state index is -2.97. The van der Waals surface area contributed by atoms with E-state index in [1.165, 1.54) is 11.8 Å². The summed E-state index contributed by atoms with van der Waals surface area (Å²) < 4.78 is 27.5. The zero-order chi connectivity index (χ0) is 17.7. The van der Waals surface area contributed by atoms with Gasteiger partial charge < -0.3 is 10.1 Å². The Hall–Kier alpha value is -1.27. The van der Waals surface area contributed by atoms with Crippen LogP contribution < -0.4 is 5.32 Å². The Labute approximate surface area is 141 Å². The molecule has 0 aromatic carbocycles. The van der Waals surface area contributed by atoms with Crippen LogP contribution in [-0.2, 0) is 24.2 Å². The molecular formula is C14H22N2O5S2. The molecule has 9 heteroatoms. The third kappa shape index (κ3) is 6.39. The Morgan fingerprint density at radius 3 is 2.61 bits per heavy atom.